The first-order valence-electron chi connectivity index (χ1n) is 9.55. The molecule has 0 unspecified atom stereocenters. The molecule has 2 N–H and O–H groups in total. The molecule has 152 valence electrons. The number of pyridine rings is 1. The highest BCUT2D eigenvalue weighted by atomic mass is 32.1. The Hall–Kier alpha value is -3.00. The Kier molecular flexibility index (Phi) is 7.52. The fourth-order valence-electron chi connectivity index (χ4n) is 3.12. The molecule has 1 heterocycles. The van der Waals surface area contributed by atoms with Gasteiger partial charge in [-0.15, -0.1) is 0 Å². The minimum atomic E-state index is -0.501. The summed E-state index contributed by atoms with van der Waals surface area (Å²) in [6.07, 6.45) is 10.7. The van der Waals surface area contributed by atoms with Crippen LogP contribution < -0.4 is 20.2 Å². The van der Waals surface area contributed by atoms with Gasteiger partial charge < -0.3 is 14.8 Å². The largest absolute Gasteiger partial charge is 0.493 e. The van der Waals surface area contributed by atoms with Crippen molar-refractivity contribution in [3.63, 3.8) is 0 Å². The van der Waals surface area contributed by atoms with Gasteiger partial charge in [-0.1, -0.05) is 19.3 Å². The lowest BCUT2D eigenvalue weighted by atomic mass is 9.96. The van der Waals surface area contributed by atoms with Gasteiger partial charge in [0.05, 0.1) is 18.9 Å². The number of esters is 1. The van der Waals surface area contributed by atoms with Crippen LogP contribution in [-0.4, -0.2) is 35.4 Å². The van der Waals surface area contributed by atoms with Gasteiger partial charge in [-0.05, 0) is 61.0 Å². The molecule has 1 aromatic heterocycles. The maximum atomic E-state index is 12.2. The Morgan fingerprint density at radius 2 is 2.07 bits per heavy atom. The fraction of sp³-hybridized carbons (Fsp3) is 0.333. The summed E-state index contributed by atoms with van der Waals surface area (Å²) in [5, 5.41) is 7.98. The molecular formula is C21H24N4O3S. The molecule has 1 aromatic carbocycles. The molecule has 0 spiro atoms. The molecule has 7 nitrogen and oxygen atoms in total. The van der Waals surface area contributed by atoms with E-state index in [0.717, 1.165) is 18.4 Å². The van der Waals surface area contributed by atoms with E-state index in [4.69, 9.17) is 21.7 Å². The number of thiocarbonyl (C=S) groups is 1. The summed E-state index contributed by atoms with van der Waals surface area (Å²) in [6.45, 7) is 0. The van der Waals surface area contributed by atoms with Crippen molar-refractivity contribution >= 4 is 29.5 Å². The lowest BCUT2D eigenvalue weighted by Gasteiger charge is -2.23. The van der Waals surface area contributed by atoms with E-state index >= 15 is 0 Å². The topological polar surface area (TPSA) is 84.8 Å². The van der Waals surface area contributed by atoms with Crippen LogP contribution in [0.1, 0.15) is 48.0 Å². The minimum Gasteiger partial charge on any atom is -0.493 e. The van der Waals surface area contributed by atoms with Crippen molar-refractivity contribution in [2.24, 2.45) is 5.10 Å². The number of hydrogen-bond acceptors (Lipinski definition) is 6. The number of nitrogens with zero attached hydrogens (tertiary/aromatic N) is 2. The number of ether oxygens (including phenoxy) is 2. The number of rotatable bonds is 6. The van der Waals surface area contributed by atoms with Gasteiger partial charge in [-0.3, -0.25) is 10.4 Å². The van der Waals surface area contributed by atoms with E-state index in [1.807, 2.05) is 0 Å². The molecule has 1 saturated carbocycles. The summed E-state index contributed by atoms with van der Waals surface area (Å²) < 4.78 is 10.7. The predicted octanol–water partition coefficient (Wildman–Crippen LogP) is 3.44. The van der Waals surface area contributed by atoms with Gasteiger partial charge >= 0.3 is 5.97 Å². The molecule has 1 aliphatic rings. The van der Waals surface area contributed by atoms with E-state index in [1.165, 1.54) is 32.6 Å². The maximum absolute atomic E-state index is 12.2. The number of hydrogen-bond donors (Lipinski definition) is 2. The quantitative estimate of drug-likeness (QED) is 0.247. The molecule has 0 atom stereocenters. The van der Waals surface area contributed by atoms with E-state index in [-0.39, 0.29) is 0 Å². The highest BCUT2D eigenvalue weighted by Crippen LogP contribution is 2.28. The number of aromatic nitrogens is 1. The van der Waals surface area contributed by atoms with Gasteiger partial charge in [0.2, 0.25) is 0 Å². The third-order valence-corrected chi connectivity index (χ3v) is 4.82. The second-order valence-electron chi connectivity index (χ2n) is 6.72. The van der Waals surface area contributed by atoms with E-state index in [9.17, 15) is 4.79 Å². The Morgan fingerprint density at radius 3 is 2.79 bits per heavy atom. The molecule has 1 aliphatic carbocycles. The van der Waals surface area contributed by atoms with Gasteiger partial charge in [0.15, 0.2) is 16.6 Å². The Morgan fingerprint density at radius 1 is 1.24 bits per heavy atom. The Bertz CT molecular complexity index is 867. The summed E-state index contributed by atoms with van der Waals surface area (Å²) in [5.41, 5.74) is 3.98. The van der Waals surface area contributed by atoms with Crippen LogP contribution in [0.15, 0.2) is 47.8 Å². The number of benzene rings is 1. The van der Waals surface area contributed by atoms with Crippen LogP contribution in [0.4, 0.5) is 0 Å². The highest BCUT2D eigenvalue weighted by Gasteiger charge is 2.14. The van der Waals surface area contributed by atoms with Crippen LogP contribution in [0.25, 0.3) is 0 Å². The summed E-state index contributed by atoms with van der Waals surface area (Å²) >= 11 is 5.29. The monoisotopic (exact) mass is 412 g/mol. The smallest absolute Gasteiger partial charge is 0.345 e. The third-order valence-electron chi connectivity index (χ3n) is 4.61. The van der Waals surface area contributed by atoms with Crippen molar-refractivity contribution in [1.82, 2.24) is 15.7 Å². The molecule has 0 radical (unpaired) electrons. The van der Waals surface area contributed by atoms with Crippen molar-refractivity contribution < 1.29 is 14.3 Å². The molecule has 8 heteroatoms. The Balaban J connectivity index is 1.57. The van der Waals surface area contributed by atoms with E-state index in [2.05, 4.69) is 20.8 Å². The lowest BCUT2D eigenvalue weighted by Crippen LogP contribution is -2.40. The molecular weight excluding hydrogens is 388 g/mol. The van der Waals surface area contributed by atoms with Gasteiger partial charge in [-0.25, -0.2) is 4.79 Å². The predicted molar refractivity (Wildman–Crippen MR) is 116 cm³/mol. The average molecular weight is 413 g/mol. The van der Waals surface area contributed by atoms with Crippen molar-refractivity contribution in [2.75, 3.05) is 7.11 Å². The second-order valence-corrected chi connectivity index (χ2v) is 7.13. The summed E-state index contributed by atoms with van der Waals surface area (Å²) in [6, 6.07) is 8.90. The van der Waals surface area contributed by atoms with Crippen molar-refractivity contribution in [3.8, 4) is 11.5 Å². The number of carbonyl (C=O) groups is 1. The zero-order valence-electron chi connectivity index (χ0n) is 16.3. The molecule has 0 saturated heterocycles. The molecule has 2 aromatic rings. The first-order chi connectivity index (χ1) is 14.2. The number of methoxy groups -OCH3 is 1. The number of carbonyl (C=O) groups excluding carboxylic acids is 1. The van der Waals surface area contributed by atoms with Gasteiger partial charge in [0.25, 0.3) is 0 Å². The molecule has 0 aliphatic heterocycles. The highest BCUT2D eigenvalue weighted by molar-refractivity contribution is 7.80. The van der Waals surface area contributed by atoms with Crippen LogP contribution in [0.3, 0.4) is 0 Å². The summed E-state index contributed by atoms with van der Waals surface area (Å²) in [7, 11) is 1.51. The number of nitrogens with one attached hydrogen (secondary N) is 2. The van der Waals surface area contributed by atoms with E-state index in [0.29, 0.717) is 28.2 Å². The normalized spacial score (nSPS) is 14.4. The second kappa shape index (κ2) is 10.5. The van der Waals surface area contributed by atoms with Crippen LogP contribution >= 0.6 is 12.2 Å². The molecule has 3 rings (SSSR count). The third kappa shape index (κ3) is 6.25. The van der Waals surface area contributed by atoms with Gasteiger partial charge in [0.1, 0.15) is 0 Å². The molecule has 29 heavy (non-hydrogen) atoms. The fourth-order valence-corrected chi connectivity index (χ4v) is 3.34. The summed E-state index contributed by atoms with van der Waals surface area (Å²) in [4.78, 5) is 16.1. The van der Waals surface area contributed by atoms with Crippen molar-refractivity contribution in [1.29, 1.82) is 0 Å². The average Bonchev–Trinajstić information content (AvgIpc) is 2.76. The van der Waals surface area contributed by atoms with Gasteiger partial charge in [-0.2, -0.15) is 5.10 Å². The lowest BCUT2D eigenvalue weighted by molar-refractivity contribution is 0.0729. The standard InChI is InChI=1S/C21H24N4O3S/c1-27-19-12-15(13-23-25-21(29)24-17-7-3-2-4-8-17)9-10-18(19)28-20(26)16-6-5-11-22-14-16/h5-6,9-14,17H,2-4,7-8H2,1H3,(H2,24,25,29)/b23-13+. The Labute approximate surface area is 175 Å². The zero-order valence-corrected chi connectivity index (χ0v) is 17.1. The van der Waals surface area contributed by atoms with Crippen molar-refractivity contribution in [3.05, 3.63) is 53.9 Å². The van der Waals surface area contributed by atoms with Crippen LogP contribution in [0, 0.1) is 0 Å². The molecule has 0 amide bonds. The zero-order chi connectivity index (χ0) is 20.5. The summed E-state index contributed by atoms with van der Waals surface area (Å²) in [5.74, 6) is 0.244. The van der Waals surface area contributed by atoms with Crippen LogP contribution in [0.2, 0.25) is 0 Å². The SMILES string of the molecule is COc1cc(/C=N/NC(=S)NC2CCCCC2)ccc1OC(=O)c1cccnc1. The molecule has 0 bridgehead atoms. The number of hydrazone groups is 1. The first-order valence-corrected chi connectivity index (χ1v) is 9.96. The van der Waals surface area contributed by atoms with E-state index < -0.39 is 5.97 Å². The maximum Gasteiger partial charge on any atom is 0.345 e. The van der Waals surface area contributed by atoms with Gasteiger partial charge in [0, 0.05) is 18.4 Å². The van der Waals surface area contributed by atoms with E-state index in [1.54, 1.807) is 42.7 Å². The minimum absolute atomic E-state index is 0.320. The van der Waals surface area contributed by atoms with Crippen molar-refractivity contribution in [2.45, 2.75) is 38.1 Å². The van der Waals surface area contributed by atoms with Crippen LogP contribution in [0.5, 0.6) is 11.5 Å². The first kappa shape index (κ1) is 20.7. The van der Waals surface area contributed by atoms with Crippen LogP contribution in [-0.2, 0) is 0 Å². The molecule has 1 fully saturated rings.